The zero-order chi connectivity index (χ0) is 68.4. The average molecular weight is 1330 g/mol. The van der Waals surface area contributed by atoms with Crippen molar-refractivity contribution < 1.29 is 82.8 Å². The van der Waals surface area contributed by atoms with Crippen LogP contribution in [-0.2, 0) is 61.8 Å². The Bertz CT molecular complexity index is 4000. The first-order chi connectivity index (χ1) is 43.7. The van der Waals surface area contributed by atoms with Crippen molar-refractivity contribution in [1.29, 1.82) is 0 Å². The molecule has 0 heterocycles. The van der Waals surface area contributed by atoms with Crippen molar-refractivity contribution >= 4 is 49.1 Å². The molecule has 0 saturated carbocycles. The van der Waals surface area contributed by atoms with E-state index in [1.54, 1.807) is 65.1 Å². The number of ketones is 1. The van der Waals surface area contributed by atoms with Crippen molar-refractivity contribution in [3.63, 3.8) is 0 Å². The molecule has 0 fully saturated rings. The number of aliphatic hydroxyl groups is 2. The molecular formula is C68H75F4N5O14S2. The third kappa shape index (κ3) is 23.6. The van der Waals surface area contributed by atoms with Crippen molar-refractivity contribution in [3.05, 3.63) is 225 Å². The number of halogens is 4. The van der Waals surface area contributed by atoms with Gasteiger partial charge in [0.25, 0.3) is 11.8 Å². The number of ether oxygens (including phenoxy) is 3. The maximum absolute atomic E-state index is 14.1. The maximum atomic E-state index is 14.1. The Morgan fingerprint density at radius 3 is 1.49 bits per heavy atom. The minimum Gasteiger partial charge on any atom is -0.497 e. The number of hydrogen-bond acceptors (Lipinski definition) is 16. The zero-order valence-electron chi connectivity index (χ0n) is 52.7. The molecule has 0 aliphatic carbocycles. The number of nitrogens with one attached hydrogen (secondary N) is 3. The zero-order valence-corrected chi connectivity index (χ0v) is 54.3. The van der Waals surface area contributed by atoms with E-state index in [-0.39, 0.29) is 70.1 Å². The monoisotopic (exact) mass is 1330 g/mol. The highest BCUT2D eigenvalue weighted by Gasteiger charge is 2.31. The number of nitrogens with zero attached hydrogens (tertiary/aromatic N) is 2. The summed E-state index contributed by atoms with van der Waals surface area (Å²) in [4.78, 5) is 58.8. The van der Waals surface area contributed by atoms with E-state index >= 15 is 0 Å². The summed E-state index contributed by atoms with van der Waals surface area (Å²) >= 11 is 0. The van der Waals surface area contributed by atoms with Crippen molar-refractivity contribution in [2.75, 3.05) is 39.8 Å². The summed E-state index contributed by atoms with van der Waals surface area (Å²) < 4.78 is 122. The smallest absolute Gasteiger partial charge is 0.410 e. The molecule has 0 spiro atoms. The number of hydrogen-bond donors (Lipinski definition) is 5. The Kier molecular flexibility index (Phi) is 25.9. The molecule has 25 heteroatoms. The molecule has 0 radical (unpaired) electrons. The van der Waals surface area contributed by atoms with Gasteiger partial charge in [-0.15, -0.1) is 0 Å². The molecule has 0 bridgehead atoms. The van der Waals surface area contributed by atoms with Crippen LogP contribution in [-0.4, -0.2) is 131 Å². The largest absolute Gasteiger partial charge is 0.497 e. The van der Waals surface area contributed by atoms with Crippen LogP contribution in [0.2, 0.25) is 0 Å². The molecular weight excluding hydrogens is 1250 g/mol. The van der Waals surface area contributed by atoms with E-state index in [2.05, 4.69) is 21.1 Å². The highest BCUT2D eigenvalue weighted by Crippen LogP contribution is 2.23. The summed E-state index contributed by atoms with van der Waals surface area (Å²) in [7, 11) is -4.53. The molecule has 0 saturated heterocycles. The quantitative estimate of drug-likeness (QED) is 0.0139. The van der Waals surface area contributed by atoms with Crippen LogP contribution in [0.25, 0.3) is 0 Å². The molecule has 4 atom stereocenters. The van der Waals surface area contributed by atoms with Gasteiger partial charge in [-0.05, 0) is 160 Å². The molecule has 5 N–H and O–H groups in total. The second-order valence-corrected chi connectivity index (χ2v) is 27.0. The number of rotatable bonds is 27. The molecule has 0 aliphatic heterocycles. The topological polar surface area (TPSA) is 266 Å². The molecule has 0 aliphatic rings. The third-order valence-electron chi connectivity index (χ3n) is 14.0. The number of carbonyl (C=O) groups is 4. The molecule has 19 nitrogen and oxygen atoms in total. The van der Waals surface area contributed by atoms with Gasteiger partial charge in [0.2, 0.25) is 0 Å². The first-order valence-electron chi connectivity index (χ1n) is 29.0. The minimum absolute atomic E-state index is 0.0130. The van der Waals surface area contributed by atoms with Crippen molar-refractivity contribution in [2.24, 2.45) is 5.16 Å². The van der Waals surface area contributed by atoms with Crippen LogP contribution in [0.4, 0.5) is 22.4 Å². The van der Waals surface area contributed by atoms with Gasteiger partial charge in [-0.2, -0.15) is 0 Å². The third-order valence-corrected chi connectivity index (χ3v) is 16.2. The number of amides is 3. The van der Waals surface area contributed by atoms with Gasteiger partial charge in [-0.25, -0.2) is 39.2 Å². The summed E-state index contributed by atoms with van der Waals surface area (Å²) in [6.45, 7) is 7.99. The second kappa shape index (κ2) is 33.0. The summed E-state index contributed by atoms with van der Waals surface area (Å²) in [5.74, 6) is -4.23. The number of oxime groups is 1. The van der Waals surface area contributed by atoms with Gasteiger partial charge in [-0.3, -0.25) is 14.4 Å². The van der Waals surface area contributed by atoms with E-state index < -0.39 is 103 Å². The first-order valence-corrected chi connectivity index (χ1v) is 32.8. The lowest BCUT2D eigenvalue weighted by Gasteiger charge is -2.32. The van der Waals surface area contributed by atoms with Crippen LogP contribution in [0.1, 0.15) is 99.1 Å². The number of methoxy groups -OCH3 is 2. The molecule has 0 aromatic heterocycles. The van der Waals surface area contributed by atoms with E-state index in [1.165, 1.54) is 43.2 Å². The number of sulfone groups is 2. The Morgan fingerprint density at radius 1 is 0.559 bits per heavy atom. The molecule has 7 aromatic carbocycles. The highest BCUT2D eigenvalue weighted by atomic mass is 32.2. The minimum atomic E-state index is -3.83. The van der Waals surface area contributed by atoms with Gasteiger partial charge in [0.15, 0.2) is 25.5 Å². The van der Waals surface area contributed by atoms with E-state index in [4.69, 9.17) is 19.0 Å². The molecule has 7 rings (SSSR count). The Balaban J connectivity index is 0.000000295. The predicted octanol–water partition coefficient (Wildman–Crippen LogP) is 9.53. The molecule has 93 heavy (non-hydrogen) atoms. The normalized spacial score (nSPS) is 13.0. The van der Waals surface area contributed by atoms with Gasteiger partial charge >= 0.3 is 6.09 Å². The van der Waals surface area contributed by atoms with Gasteiger partial charge < -0.3 is 50.1 Å². The maximum Gasteiger partial charge on any atom is 0.410 e. The summed E-state index contributed by atoms with van der Waals surface area (Å²) in [5, 5.41) is 35.3. The molecule has 3 amide bonds. The fourth-order valence-corrected chi connectivity index (χ4v) is 10.7. The Hall–Kier alpha value is -9.01. The van der Waals surface area contributed by atoms with Gasteiger partial charge in [0, 0.05) is 66.5 Å². The van der Waals surface area contributed by atoms with Gasteiger partial charge in [0.1, 0.15) is 47.0 Å². The van der Waals surface area contributed by atoms with Crippen LogP contribution in [0.5, 0.6) is 11.5 Å². The van der Waals surface area contributed by atoms with E-state index in [0.29, 0.717) is 40.9 Å². The van der Waals surface area contributed by atoms with Gasteiger partial charge in [0.05, 0.1) is 60.6 Å². The summed E-state index contributed by atoms with van der Waals surface area (Å²) in [6, 6.07) is 34.5. The van der Waals surface area contributed by atoms with E-state index in [1.807, 2.05) is 48.5 Å². The van der Waals surface area contributed by atoms with Crippen LogP contribution in [0.15, 0.2) is 167 Å². The lowest BCUT2D eigenvalue weighted by molar-refractivity contribution is 0.00835. The summed E-state index contributed by atoms with van der Waals surface area (Å²) in [6.07, 6.45) is -1.97. The van der Waals surface area contributed by atoms with Crippen molar-refractivity contribution in [2.45, 2.75) is 107 Å². The van der Waals surface area contributed by atoms with Crippen LogP contribution in [0, 0.1) is 23.3 Å². The number of aliphatic hydroxyl groups excluding tert-OH is 2. The van der Waals surface area contributed by atoms with Gasteiger partial charge in [-0.1, -0.05) is 59.8 Å². The standard InChI is InChI=1S/C35H37F2N3O6S.C33H38F2N2O8S/c1-23(40-46-22-24-8-5-4-6-9-24)27-16-28(18-32(17-27)47(3,43)44)35(42)39-33(15-26-12-29(36)19-30(37)13-26)34(41)21-38-20-25-10-7-11-31(14-25)45-2;1-20(38)23-14-24(16-28(15-23)46(6,42)43)31(40)36-29(13-22-10-25(34)17-26(35)11-22)30(39)19-37(32(41)45-33(2,3)4)18-21-8-7-9-27(12-21)44-5/h4-14,16-19,33-34,38,41H,15,20-22H2,1-3H3,(H,39,42);7-12,14-17,29-30,39H,13,18-19H2,1-6H3,(H,36,40)/b40-23+;/t33-,34+;29-,30+/m00/s1. The second-order valence-electron chi connectivity index (χ2n) is 23.0. The molecule has 0 unspecified atom stereocenters. The van der Waals surface area contributed by atoms with E-state index in [9.17, 15) is 63.8 Å². The molecule has 496 valence electrons. The van der Waals surface area contributed by atoms with E-state index in [0.717, 1.165) is 66.1 Å². The summed E-state index contributed by atoms with van der Waals surface area (Å²) in [5.41, 5.74) is 2.23. The predicted molar refractivity (Wildman–Crippen MR) is 342 cm³/mol. The Labute approximate surface area is 538 Å². The van der Waals surface area contributed by atoms with Crippen LogP contribution < -0.4 is 25.4 Å². The number of Topliss-reactive ketones (excluding diaryl/α,β-unsaturated/α-hetero) is 1. The average Bonchev–Trinajstić information content (AvgIpc) is 0.844. The van der Waals surface area contributed by atoms with Crippen LogP contribution in [0.3, 0.4) is 0 Å². The lowest BCUT2D eigenvalue weighted by Crippen LogP contribution is -2.51. The Morgan fingerprint density at radius 2 is 1.01 bits per heavy atom. The lowest BCUT2D eigenvalue weighted by atomic mass is 9.99. The van der Waals surface area contributed by atoms with Crippen molar-refractivity contribution in [1.82, 2.24) is 20.9 Å². The fraction of sp³-hybridized carbons (Fsp3) is 0.309. The first kappa shape index (κ1) is 73.0. The SMILES string of the molecule is COc1cccc(CN(C[C@@H](O)[C@H](Cc2cc(F)cc(F)c2)NC(=O)c2cc(C(C)=O)cc(S(C)(=O)=O)c2)C(=O)OC(C)(C)C)c1.COc1cccc(CNC[C@@H](O)[C@H](Cc2cc(F)cc(F)c2)NC(=O)c2cc(/C(C)=N/OCc3ccccc3)cc(S(C)(=O)=O)c2)c1. The van der Waals surface area contributed by atoms with Crippen LogP contribution >= 0.6 is 0 Å². The highest BCUT2D eigenvalue weighted by molar-refractivity contribution is 7.91. The van der Waals surface area contributed by atoms with Crippen molar-refractivity contribution in [3.8, 4) is 11.5 Å². The number of carbonyl (C=O) groups excluding carboxylic acids is 4. The molecule has 7 aromatic rings. The fourth-order valence-electron chi connectivity index (χ4n) is 9.33. The number of benzene rings is 7.